The summed E-state index contributed by atoms with van der Waals surface area (Å²) in [5.41, 5.74) is 2.63. The second-order valence-electron chi connectivity index (χ2n) is 9.72. The van der Waals surface area contributed by atoms with E-state index >= 15 is 0 Å². The highest BCUT2D eigenvalue weighted by atomic mass is 35.5. The fourth-order valence-corrected chi connectivity index (χ4v) is 5.50. The number of para-hydroxylation sites is 1. The molecule has 3 amide bonds. The van der Waals surface area contributed by atoms with E-state index in [1.165, 1.54) is 10.5 Å². The van der Waals surface area contributed by atoms with Gasteiger partial charge in [-0.1, -0.05) is 72.3 Å². The average Bonchev–Trinajstić information content (AvgIpc) is 3.20. The molecule has 0 saturated carbocycles. The standard InChI is InChI=1S/C30H30ClN3O3/c31-24-13-11-22(12-14-24)19-28(35)33(26-15-17-32(18-16-26)21-23-7-3-1-4-8-23)27-20-29(36)34(30(27)37)25-9-5-2-6-10-25/h1-14,26-27H,15-21H2. The van der Waals surface area contributed by atoms with Gasteiger partial charge in [0.25, 0.3) is 5.91 Å². The van der Waals surface area contributed by atoms with E-state index in [1.807, 2.05) is 36.4 Å². The number of nitrogens with zero attached hydrogens (tertiary/aromatic N) is 3. The van der Waals surface area contributed by atoms with Crippen LogP contribution in [0.15, 0.2) is 84.9 Å². The first-order valence-corrected chi connectivity index (χ1v) is 13.1. The van der Waals surface area contributed by atoms with Crippen LogP contribution < -0.4 is 4.90 Å². The topological polar surface area (TPSA) is 60.9 Å². The Bertz CT molecular complexity index is 1240. The van der Waals surface area contributed by atoms with Crippen molar-refractivity contribution in [2.24, 2.45) is 0 Å². The van der Waals surface area contributed by atoms with E-state index in [4.69, 9.17) is 11.6 Å². The number of likely N-dealkylation sites (tertiary alicyclic amines) is 1. The van der Waals surface area contributed by atoms with Gasteiger partial charge in [-0.2, -0.15) is 0 Å². The molecule has 2 saturated heterocycles. The zero-order valence-electron chi connectivity index (χ0n) is 20.6. The van der Waals surface area contributed by atoms with Crippen molar-refractivity contribution in [3.05, 3.63) is 101 Å². The molecule has 7 heteroatoms. The van der Waals surface area contributed by atoms with Crippen molar-refractivity contribution in [1.29, 1.82) is 0 Å². The van der Waals surface area contributed by atoms with E-state index in [2.05, 4.69) is 17.0 Å². The van der Waals surface area contributed by atoms with Crippen molar-refractivity contribution in [2.75, 3.05) is 18.0 Å². The number of carbonyl (C=O) groups excluding carboxylic acids is 3. The molecule has 2 heterocycles. The van der Waals surface area contributed by atoms with Gasteiger partial charge in [0.2, 0.25) is 11.8 Å². The Morgan fingerprint density at radius 2 is 1.46 bits per heavy atom. The van der Waals surface area contributed by atoms with E-state index in [0.29, 0.717) is 10.7 Å². The summed E-state index contributed by atoms with van der Waals surface area (Å²) < 4.78 is 0. The van der Waals surface area contributed by atoms with Crippen LogP contribution in [0.3, 0.4) is 0 Å². The fraction of sp³-hybridized carbons (Fsp3) is 0.300. The fourth-order valence-electron chi connectivity index (χ4n) is 5.38. The minimum absolute atomic E-state index is 0.00428. The zero-order valence-corrected chi connectivity index (χ0v) is 21.4. The molecule has 2 aliphatic heterocycles. The Balaban J connectivity index is 1.35. The van der Waals surface area contributed by atoms with Crippen LogP contribution >= 0.6 is 11.6 Å². The molecule has 0 aromatic heterocycles. The molecule has 5 rings (SSSR count). The Hall–Kier alpha value is -3.48. The van der Waals surface area contributed by atoms with Crippen LogP contribution in [0.4, 0.5) is 5.69 Å². The third-order valence-electron chi connectivity index (χ3n) is 7.23. The number of piperidine rings is 1. The van der Waals surface area contributed by atoms with E-state index < -0.39 is 6.04 Å². The van der Waals surface area contributed by atoms with Gasteiger partial charge in [-0.15, -0.1) is 0 Å². The maximum Gasteiger partial charge on any atom is 0.257 e. The normalized spacial score (nSPS) is 18.8. The molecule has 190 valence electrons. The van der Waals surface area contributed by atoms with Gasteiger partial charge >= 0.3 is 0 Å². The molecular weight excluding hydrogens is 486 g/mol. The third kappa shape index (κ3) is 5.76. The van der Waals surface area contributed by atoms with Gasteiger partial charge in [0, 0.05) is 30.7 Å². The average molecular weight is 516 g/mol. The van der Waals surface area contributed by atoms with Gasteiger partial charge < -0.3 is 4.90 Å². The number of hydrogen-bond acceptors (Lipinski definition) is 4. The number of anilines is 1. The van der Waals surface area contributed by atoms with Gasteiger partial charge in [0.05, 0.1) is 18.5 Å². The van der Waals surface area contributed by atoms with Crippen LogP contribution in [0.2, 0.25) is 5.02 Å². The minimum Gasteiger partial charge on any atom is -0.327 e. The molecule has 0 N–H and O–H groups in total. The molecule has 1 atom stereocenters. The Morgan fingerprint density at radius 3 is 2.11 bits per heavy atom. The first kappa shape index (κ1) is 25.2. The highest BCUT2D eigenvalue weighted by Gasteiger charge is 2.46. The lowest BCUT2D eigenvalue weighted by molar-refractivity contribution is -0.141. The van der Waals surface area contributed by atoms with Crippen molar-refractivity contribution in [2.45, 2.75) is 44.3 Å². The smallest absolute Gasteiger partial charge is 0.257 e. The van der Waals surface area contributed by atoms with Gasteiger partial charge in [0.15, 0.2) is 0 Å². The lowest BCUT2D eigenvalue weighted by Crippen LogP contribution is -2.54. The van der Waals surface area contributed by atoms with Crippen molar-refractivity contribution >= 4 is 35.0 Å². The highest BCUT2D eigenvalue weighted by Crippen LogP contribution is 2.30. The summed E-state index contributed by atoms with van der Waals surface area (Å²) in [4.78, 5) is 45.7. The summed E-state index contributed by atoms with van der Waals surface area (Å²) in [6, 6.07) is 25.6. The van der Waals surface area contributed by atoms with Crippen LogP contribution in [0.1, 0.15) is 30.4 Å². The maximum absolute atomic E-state index is 13.7. The van der Waals surface area contributed by atoms with Crippen LogP contribution in [0, 0.1) is 0 Å². The number of hydrogen-bond donors (Lipinski definition) is 0. The lowest BCUT2D eigenvalue weighted by Gasteiger charge is -2.40. The lowest BCUT2D eigenvalue weighted by atomic mass is 9.98. The van der Waals surface area contributed by atoms with Crippen molar-refractivity contribution < 1.29 is 14.4 Å². The molecule has 3 aromatic carbocycles. The molecule has 0 aliphatic carbocycles. The van der Waals surface area contributed by atoms with E-state index in [-0.39, 0.29) is 36.6 Å². The summed E-state index contributed by atoms with van der Waals surface area (Å²) in [6.45, 7) is 2.50. The number of imide groups is 1. The Labute approximate surface area is 222 Å². The summed E-state index contributed by atoms with van der Waals surface area (Å²) in [5, 5.41) is 0.605. The second kappa shape index (κ2) is 11.3. The monoisotopic (exact) mass is 515 g/mol. The third-order valence-corrected chi connectivity index (χ3v) is 7.48. The van der Waals surface area contributed by atoms with Gasteiger partial charge in [-0.3, -0.25) is 19.3 Å². The Kier molecular flexibility index (Phi) is 7.68. The molecule has 6 nitrogen and oxygen atoms in total. The van der Waals surface area contributed by atoms with E-state index in [0.717, 1.165) is 38.0 Å². The molecule has 2 fully saturated rings. The molecule has 1 unspecified atom stereocenters. The first-order valence-electron chi connectivity index (χ1n) is 12.7. The number of carbonyl (C=O) groups is 3. The predicted molar refractivity (Wildman–Crippen MR) is 144 cm³/mol. The summed E-state index contributed by atoms with van der Waals surface area (Å²) in [5.74, 6) is -0.732. The maximum atomic E-state index is 13.7. The Morgan fingerprint density at radius 1 is 0.838 bits per heavy atom. The van der Waals surface area contributed by atoms with Gasteiger partial charge in [-0.05, 0) is 48.2 Å². The van der Waals surface area contributed by atoms with Gasteiger partial charge in [0.1, 0.15) is 6.04 Å². The largest absolute Gasteiger partial charge is 0.327 e. The first-order chi connectivity index (χ1) is 18.0. The van der Waals surface area contributed by atoms with Gasteiger partial charge in [-0.25, -0.2) is 4.90 Å². The molecule has 0 bridgehead atoms. The van der Waals surface area contributed by atoms with E-state index in [9.17, 15) is 14.4 Å². The summed E-state index contributed by atoms with van der Waals surface area (Å²) in [7, 11) is 0. The van der Waals surface area contributed by atoms with Crippen LogP contribution in [-0.2, 0) is 27.3 Å². The predicted octanol–water partition coefficient (Wildman–Crippen LogP) is 4.71. The number of amides is 3. The van der Waals surface area contributed by atoms with E-state index in [1.54, 1.807) is 41.3 Å². The number of rotatable bonds is 7. The molecule has 0 radical (unpaired) electrons. The van der Waals surface area contributed by atoms with Crippen molar-refractivity contribution in [3.8, 4) is 0 Å². The van der Waals surface area contributed by atoms with Crippen LogP contribution in [-0.4, -0.2) is 52.7 Å². The molecule has 2 aliphatic rings. The second-order valence-corrected chi connectivity index (χ2v) is 10.2. The summed E-state index contributed by atoms with van der Waals surface area (Å²) in [6.07, 6.45) is 1.67. The zero-order chi connectivity index (χ0) is 25.8. The molecule has 3 aromatic rings. The minimum atomic E-state index is -0.793. The summed E-state index contributed by atoms with van der Waals surface area (Å²) >= 11 is 6.03. The molecule has 37 heavy (non-hydrogen) atoms. The highest BCUT2D eigenvalue weighted by molar-refractivity contribution is 6.30. The van der Waals surface area contributed by atoms with Crippen LogP contribution in [0.5, 0.6) is 0 Å². The molecular formula is C30H30ClN3O3. The van der Waals surface area contributed by atoms with Crippen molar-refractivity contribution in [1.82, 2.24) is 9.80 Å². The number of halogens is 1. The quantitative estimate of drug-likeness (QED) is 0.428. The SMILES string of the molecule is O=C1CC(N(C(=O)Cc2ccc(Cl)cc2)C2CCN(Cc3ccccc3)CC2)C(=O)N1c1ccccc1. The molecule has 0 spiro atoms. The van der Waals surface area contributed by atoms with Crippen molar-refractivity contribution in [3.63, 3.8) is 0 Å². The number of benzene rings is 3. The van der Waals surface area contributed by atoms with Crippen LogP contribution in [0.25, 0.3) is 0 Å².